The van der Waals surface area contributed by atoms with E-state index in [2.05, 4.69) is 65.1 Å². The average Bonchev–Trinajstić information content (AvgIpc) is 2.52. The molecule has 0 saturated carbocycles. The maximum absolute atomic E-state index is 5.81. The van der Waals surface area contributed by atoms with Crippen LogP contribution in [0.4, 0.5) is 5.69 Å². The number of hydrogen-bond acceptors (Lipinski definition) is 3. The molecule has 2 atom stereocenters. The molecule has 0 spiro atoms. The van der Waals surface area contributed by atoms with Crippen molar-refractivity contribution in [2.45, 2.75) is 45.8 Å². The van der Waals surface area contributed by atoms with Crippen molar-refractivity contribution in [2.24, 2.45) is 0 Å². The Morgan fingerprint density at radius 3 is 2.95 bits per heavy atom. The van der Waals surface area contributed by atoms with Crippen LogP contribution in [0, 0.1) is 0 Å². The molecule has 2 rings (SSSR count). The molecule has 118 valence electrons. The molecule has 1 aliphatic rings. The van der Waals surface area contributed by atoms with Gasteiger partial charge < -0.3 is 15.0 Å². The minimum Gasteiger partial charge on any atom is -0.375 e. The maximum Gasteiger partial charge on any atom is 0.0748 e. The molecular formula is C17H27BrN2O. The predicted octanol–water partition coefficient (Wildman–Crippen LogP) is 4.12. The first-order valence-corrected chi connectivity index (χ1v) is 8.84. The summed E-state index contributed by atoms with van der Waals surface area (Å²) in [7, 11) is 0. The number of anilines is 1. The molecule has 2 unspecified atom stereocenters. The average molecular weight is 355 g/mol. The van der Waals surface area contributed by atoms with Crippen LogP contribution in [-0.2, 0) is 4.74 Å². The largest absolute Gasteiger partial charge is 0.375 e. The van der Waals surface area contributed by atoms with E-state index in [1.807, 2.05) is 0 Å². The summed E-state index contributed by atoms with van der Waals surface area (Å²) in [6, 6.07) is 7.00. The van der Waals surface area contributed by atoms with Gasteiger partial charge in [-0.25, -0.2) is 0 Å². The Labute approximate surface area is 137 Å². The second-order valence-corrected chi connectivity index (χ2v) is 6.64. The number of ether oxygens (including phenoxy) is 1. The molecule has 1 aromatic carbocycles. The number of halogens is 1. The van der Waals surface area contributed by atoms with Crippen LogP contribution in [0.1, 0.15) is 45.2 Å². The van der Waals surface area contributed by atoms with Crippen molar-refractivity contribution in [3.8, 4) is 0 Å². The lowest BCUT2D eigenvalue weighted by Gasteiger charge is -2.36. The van der Waals surface area contributed by atoms with Crippen molar-refractivity contribution in [2.75, 3.05) is 31.1 Å². The zero-order valence-corrected chi connectivity index (χ0v) is 14.9. The van der Waals surface area contributed by atoms with Crippen molar-refractivity contribution in [1.29, 1.82) is 0 Å². The van der Waals surface area contributed by atoms with Crippen molar-refractivity contribution < 1.29 is 4.74 Å². The third kappa shape index (κ3) is 4.44. The van der Waals surface area contributed by atoms with Crippen molar-refractivity contribution >= 4 is 21.6 Å². The summed E-state index contributed by atoms with van der Waals surface area (Å²) in [6.07, 6.45) is 2.58. The predicted molar refractivity (Wildman–Crippen MR) is 93.1 cm³/mol. The number of hydrogen-bond donors (Lipinski definition) is 1. The third-order valence-electron chi connectivity index (χ3n) is 4.09. The summed E-state index contributed by atoms with van der Waals surface area (Å²) in [6.45, 7) is 10.5. The van der Waals surface area contributed by atoms with Crippen molar-refractivity contribution in [3.05, 3.63) is 28.2 Å². The zero-order chi connectivity index (χ0) is 15.2. The van der Waals surface area contributed by atoms with E-state index in [-0.39, 0.29) is 0 Å². The zero-order valence-electron chi connectivity index (χ0n) is 13.4. The summed E-state index contributed by atoms with van der Waals surface area (Å²) in [5.74, 6) is 0. The molecule has 1 fully saturated rings. The fraction of sp³-hybridized carbons (Fsp3) is 0.647. The van der Waals surface area contributed by atoms with Crippen LogP contribution in [0.25, 0.3) is 0 Å². The van der Waals surface area contributed by atoms with Gasteiger partial charge in [-0.2, -0.15) is 0 Å². The van der Waals surface area contributed by atoms with Gasteiger partial charge >= 0.3 is 0 Å². The van der Waals surface area contributed by atoms with Gasteiger partial charge in [-0.05, 0) is 44.0 Å². The van der Waals surface area contributed by atoms with Crippen LogP contribution in [0.3, 0.4) is 0 Å². The van der Waals surface area contributed by atoms with E-state index in [0.717, 1.165) is 43.6 Å². The van der Waals surface area contributed by atoms with E-state index in [0.29, 0.717) is 12.1 Å². The summed E-state index contributed by atoms with van der Waals surface area (Å²) >= 11 is 3.62. The highest BCUT2D eigenvalue weighted by molar-refractivity contribution is 9.10. The fourth-order valence-electron chi connectivity index (χ4n) is 2.81. The summed E-state index contributed by atoms with van der Waals surface area (Å²) in [5, 5.41) is 3.60. The molecule has 1 aliphatic heterocycles. The number of benzene rings is 1. The normalized spacial score (nSPS) is 20.6. The van der Waals surface area contributed by atoms with Gasteiger partial charge in [0, 0.05) is 29.3 Å². The smallest absolute Gasteiger partial charge is 0.0748 e. The Bertz CT molecular complexity index is 452. The lowest BCUT2D eigenvalue weighted by molar-refractivity contribution is 0.0383. The molecule has 1 N–H and O–H groups in total. The molecule has 21 heavy (non-hydrogen) atoms. The van der Waals surface area contributed by atoms with Gasteiger partial charge in [-0.3, -0.25) is 0 Å². The molecule has 0 aliphatic carbocycles. The summed E-state index contributed by atoms with van der Waals surface area (Å²) in [5.41, 5.74) is 2.71. The second kappa shape index (κ2) is 8.16. The molecular weight excluding hydrogens is 328 g/mol. The first-order chi connectivity index (χ1) is 10.2. The standard InChI is InChI=1S/C17H27BrN2O/c1-4-8-19-13(3)16-7-6-14(18)11-17(16)20-9-10-21-15(5-2)12-20/h6-7,11,13,15,19H,4-5,8-10,12H2,1-3H3. The minimum absolute atomic E-state index is 0.351. The lowest BCUT2D eigenvalue weighted by Crippen LogP contribution is -2.43. The molecule has 0 aromatic heterocycles. The van der Waals surface area contributed by atoms with Gasteiger partial charge in [0.25, 0.3) is 0 Å². The Morgan fingerprint density at radius 1 is 1.43 bits per heavy atom. The second-order valence-electron chi connectivity index (χ2n) is 5.73. The topological polar surface area (TPSA) is 24.5 Å². The van der Waals surface area contributed by atoms with Crippen LogP contribution in [0.2, 0.25) is 0 Å². The SMILES string of the molecule is CCCNC(C)c1ccc(Br)cc1N1CCOC(CC)C1. The van der Waals surface area contributed by atoms with Crippen LogP contribution in [0.5, 0.6) is 0 Å². The number of nitrogens with zero attached hydrogens (tertiary/aromatic N) is 1. The Hall–Kier alpha value is -0.580. The summed E-state index contributed by atoms with van der Waals surface area (Å²) < 4.78 is 6.95. The maximum atomic E-state index is 5.81. The number of morpholine rings is 1. The minimum atomic E-state index is 0.351. The van der Waals surface area contributed by atoms with Gasteiger partial charge in [0.15, 0.2) is 0 Å². The first kappa shape index (κ1) is 16.8. The van der Waals surface area contributed by atoms with Gasteiger partial charge in [0.2, 0.25) is 0 Å². The van der Waals surface area contributed by atoms with Crippen LogP contribution in [-0.4, -0.2) is 32.3 Å². The molecule has 1 heterocycles. The third-order valence-corrected chi connectivity index (χ3v) is 4.59. The van der Waals surface area contributed by atoms with E-state index in [4.69, 9.17) is 4.74 Å². The molecule has 4 heteroatoms. The Kier molecular flexibility index (Phi) is 6.52. The number of nitrogens with one attached hydrogen (secondary N) is 1. The van der Waals surface area contributed by atoms with Gasteiger partial charge in [0.1, 0.15) is 0 Å². The number of rotatable bonds is 6. The van der Waals surface area contributed by atoms with Crippen LogP contribution in [0.15, 0.2) is 22.7 Å². The highest BCUT2D eigenvalue weighted by Crippen LogP contribution is 2.31. The fourth-order valence-corrected chi connectivity index (χ4v) is 3.16. The van der Waals surface area contributed by atoms with Crippen LogP contribution >= 0.6 is 15.9 Å². The lowest BCUT2D eigenvalue weighted by atomic mass is 10.0. The summed E-state index contributed by atoms with van der Waals surface area (Å²) in [4.78, 5) is 2.47. The van der Waals surface area contributed by atoms with Gasteiger partial charge in [-0.1, -0.05) is 35.8 Å². The van der Waals surface area contributed by atoms with E-state index in [1.54, 1.807) is 0 Å². The van der Waals surface area contributed by atoms with E-state index in [9.17, 15) is 0 Å². The molecule has 1 aromatic rings. The molecule has 0 radical (unpaired) electrons. The van der Waals surface area contributed by atoms with Crippen molar-refractivity contribution in [1.82, 2.24) is 5.32 Å². The van der Waals surface area contributed by atoms with Gasteiger partial charge in [-0.15, -0.1) is 0 Å². The molecule has 0 amide bonds. The molecule has 3 nitrogen and oxygen atoms in total. The van der Waals surface area contributed by atoms with Crippen LogP contribution < -0.4 is 10.2 Å². The molecule has 0 bridgehead atoms. The Morgan fingerprint density at radius 2 is 2.24 bits per heavy atom. The first-order valence-electron chi connectivity index (χ1n) is 8.05. The van der Waals surface area contributed by atoms with E-state index in [1.165, 1.54) is 11.3 Å². The van der Waals surface area contributed by atoms with E-state index >= 15 is 0 Å². The molecule has 1 saturated heterocycles. The Balaban J connectivity index is 2.22. The van der Waals surface area contributed by atoms with Gasteiger partial charge in [0.05, 0.1) is 12.7 Å². The highest BCUT2D eigenvalue weighted by atomic mass is 79.9. The quantitative estimate of drug-likeness (QED) is 0.831. The van der Waals surface area contributed by atoms with E-state index < -0.39 is 0 Å². The highest BCUT2D eigenvalue weighted by Gasteiger charge is 2.22. The van der Waals surface area contributed by atoms with Crippen molar-refractivity contribution in [3.63, 3.8) is 0 Å². The monoisotopic (exact) mass is 354 g/mol.